The van der Waals surface area contributed by atoms with Crippen molar-refractivity contribution in [2.24, 2.45) is 5.92 Å². The van der Waals surface area contributed by atoms with Gasteiger partial charge in [0.05, 0.1) is 0 Å². The standard InChI is InChI=1S/C26H27FN4OS2.H2O.H2/c1-4-31(3)25(32)19-10-8-18(9-11-19)22-12-13-23(34-22)24(20-6-5-7-21(27)14-20)17(2)15-28-26-30-29-16-33-26;;/h5-14,16-17,24H,4,15H2,1-3H3,(H,28,30);1H2;1H/t17-,24+;;/m1../s1. The van der Waals surface area contributed by atoms with Crippen molar-refractivity contribution >= 4 is 33.7 Å². The Labute approximate surface area is 214 Å². The quantitative estimate of drug-likeness (QED) is 0.306. The number of halogens is 1. The number of carbonyl (C=O) groups excluding carboxylic acids is 1. The van der Waals surface area contributed by atoms with Crippen molar-refractivity contribution in [3.8, 4) is 10.4 Å². The zero-order chi connectivity index (χ0) is 24.1. The fourth-order valence-corrected chi connectivity index (χ4v) is 5.64. The zero-order valence-electron chi connectivity index (χ0n) is 19.9. The lowest BCUT2D eigenvalue weighted by Gasteiger charge is -2.24. The molecule has 0 aliphatic heterocycles. The van der Waals surface area contributed by atoms with Crippen LogP contribution in [0.3, 0.4) is 0 Å². The highest BCUT2D eigenvalue weighted by molar-refractivity contribution is 7.15. The molecule has 0 radical (unpaired) electrons. The molecule has 0 saturated carbocycles. The van der Waals surface area contributed by atoms with Crippen LogP contribution in [0.2, 0.25) is 0 Å². The van der Waals surface area contributed by atoms with E-state index in [9.17, 15) is 9.18 Å². The van der Waals surface area contributed by atoms with Gasteiger partial charge in [-0.3, -0.25) is 4.79 Å². The van der Waals surface area contributed by atoms with E-state index in [-0.39, 0.29) is 30.5 Å². The molecule has 2 heterocycles. The van der Waals surface area contributed by atoms with Crippen LogP contribution < -0.4 is 5.32 Å². The molecule has 0 aliphatic rings. The van der Waals surface area contributed by atoms with Crippen LogP contribution >= 0.6 is 22.7 Å². The van der Waals surface area contributed by atoms with Crippen molar-refractivity contribution in [1.29, 1.82) is 0 Å². The number of anilines is 1. The summed E-state index contributed by atoms with van der Waals surface area (Å²) in [5, 5.41) is 12.1. The number of hydrogen-bond donors (Lipinski definition) is 1. The first kappa shape index (κ1) is 26.5. The average Bonchev–Trinajstić information content (AvgIpc) is 3.55. The predicted octanol–water partition coefficient (Wildman–Crippen LogP) is 5.80. The Kier molecular flexibility index (Phi) is 9.08. The maximum atomic E-state index is 14.1. The molecule has 6 nitrogen and oxygen atoms in total. The first-order valence-electron chi connectivity index (χ1n) is 11.2. The molecule has 0 aliphatic carbocycles. The van der Waals surface area contributed by atoms with Gasteiger partial charge in [0.2, 0.25) is 5.13 Å². The van der Waals surface area contributed by atoms with Crippen molar-refractivity contribution in [3.05, 3.63) is 88.0 Å². The van der Waals surface area contributed by atoms with Crippen LogP contribution in [-0.2, 0) is 0 Å². The lowest BCUT2D eigenvalue weighted by atomic mass is 9.86. The number of hydrogen-bond acceptors (Lipinski definition) is 6. The fourth-order valence-electron chi connectivity index (χ4n) is 3.91. The van der Waals surface area contributed by atoms with Gasteiger partial charge in [0.15, 0.2) is 0 Å². The van der Waals surface area contributed by atoms with Crippen LogP contribution in [0.15, 0.2) is 66.2 Å². The highest BCUT2D eigenvalue weighted by atomic mass is 32.1. The summed E-state index contributed by atoms with van der Waals surface area (Å²) in [5.74, 6) is -0.0135. The first-order chi connectivity index (χ1) is 16.5. The largest absolute Gasteiger partial charge is 0.412 e. The topological polar surface area (TPSA) is 89.6 Å². The third-order valence-corrected chi connectivity index (χ3v) is 7.75. The van der Waals surface area contributed by atoms with Gasteiger partial charge in [-0.25, -0.2) is 4.39 Å². The maximum absolute atomic E-state index is 14.1. The molecule has 1 amide bonds. The van der Waals surface area contributed by atoms with Crippen LogP contribution in [0.5, 0.6) is 0 Å². The van der Waals surface area contributed by atoms with E-state index in [2.05, 4.69) is 34.6 Å². The summed E-state index contributed by atoms with van der Waals surface area (Å²) in [6, 6.07) is 18.8. The Hall–Kier alpha value is -3.14. The lowest BCUT2D eigenvalue weighted by molar-refractivity contribution is 0.0802. The maximum Gasteiger partial charge on any atom is 0.253 e. The summed E-state index contributed by atoms with van der Waals surface area (Å²) in [6.07, 6.45) is 0. The van der Waals surface area contributed by atoms with Gasteiger partial charge in [-0.05, 0) is 60.4 Å². The molecular weight excluding hydrogens is 483 g/mol. The zero-order valence-corrected chi connectivity index (χ0v) is 21.5. The van der Waals surface area contributed by atoms with E-state index >= 15 is 0 Å². The van der Waals surface area contributed by atoms with Gasteiger partial charge in [-0.1, -0.05) is 42.5 Å². The number of rotatable bonds is 9. The Balaban J connectivity index is 0.00000228. The molecule has 0 unspecified atom stereocenters. The number of aromatic nitrogens is 2. The third kappa shape index (κ3) is 6.30. The molecule has 9 heteroatoms. The number of thiophene rings is 1. The van der Waals surface area contributed by atoms with Crippen LogP contribution in [0.1, 0.15) is 42.0 Å². The molecule has 0 spiro atoms. The van der Waals surface area contributed by atoms with E-state index in [1.165, 1.54) is 17.4 Å². The second-order valence-corrected chi connectivity index (χ2v) is 10.2. The normalized spacial score (nSPS) is 12.5. The van der Waals surface area contributed by atoms with E-state index in [0.29, 0.717) is 18.7 Å². The van der Waals surface area contributed by atoms with E-state index < -0.39 is 0 Å². The molecule has 2 atom stereocenters. The number of carbonyl (C=O) groups is 1. The average molecular weight is 515 g/mol. The summed E-state index contributed by atoms with van der Waals surface area (Å²) in [4.78, 5) is 16.4. The van der Waals surface area contributed by atoms with Crippen LogP contribution in [0.25, 0.3) is 10.4 Å². The summed E-state index contributed by atoms with van der Waals surface area (Å²) in [5.41, 5.74) is 4.38. The van der Waals surface area contributed by atoms with E-state index in [4.69, 9.17) is 0 Å². The van der Waals surface area contributed by atoms with Gasteiger partial charge in [0, 0.05) is 42.8 Å². The van der Waals surface area contributed by atoms with Crippen molar-refractivity contribution in [3.63, 3.8) is 0 Å². The van der Waals surface area contributed by atoms with Crippen molar-refractivity contribution in [2.75, 3.05) is 25.5 Å². The highest BCUT2D eigenvalue weighted by Crippen LogP contribution is 2.39. The second-order valence-electron chi connectivity index (χ2n) is 8.23. The summed E-state index contributed by atoms with van der Waals surface area (Å²) in [7, 11) is 1.80. The molecule has 2 aromatic carbocycles. The molecule has 35 heavy (non-hydrogen) atoms. The van der Waals surface area contributed by atoms with E-state index in [1.807, 2.05) is 37.3 Å². The molecule has 3 N–H and O–H groups in total. The van der Waals surface area contributed by atoms with Crippen molar-refractivity contribution in [2.45, 2.75) is 19.8 Å². The number of amides is 1. The van der Waals surface area contributed by atoms with Crippen LogP contribution in [0, 0.1) is 11.7 Å². The molecular formula is C26H31FN4O2S2. The predicted molar refractivity (Wildman–Crippen MR) is 144 cm³/mol. The Morgan fingerprint density at radius 1 is 1.17 bits per heavy atom. The van der Waals surface area contributed by atoms with Crippen molar-refractivity contribution < 1.29 is 16.1 Å². The number of nitrogens with one attached hydrogen (secondary N) is 1. The summed E-state index contributed by atoms with van der Waals surface area (Å²) >= 11 is 3.16. The smallest absolute Gasteiger partial charge is 0.253 e. The van der Waals surface area contributed by atoms with Gasteiger partial charge in [0.25, 0.3) is 5.91 Å². The van der Waals surface area contributed by atoms with Gasteiger partial charge in [-0.2, -0.15) is 0 Å². The molecule has 4 aromatic rings. The highest BCUT2D eigenvalue weighted by Gasteiger charge is 2.24. The third-order valence-electron chi connectivity index (χ3n) is 5.88. The number of nitrogens with zero attached hydrogens (tertiary/aromatic N) is 3. The molecule has 0 bridgehead atoms. The number of benzene rings is 2. The van der Waals surface area contributed by atoms with Gasteiger partial charge >= 0.3 is 0 Å². The Morgan fingerprint density at radius 3 is 2.60 bits per heavy atom. The minimum atomic E-state index is -0.235. The van der Waals surface area contributed by atoms with Gasteiger partial charge < -0.3 is 15.7 Å². The fraction of sp³-hybridized carbons (Fsp3) is 0.269. The molecule has 186 valence electrons. The van der Waals surface area contributed by atoms with Crippen LogP contribution in [-0.4, -0.2) is 46.6 Å². The molecule has 0 fully saturated rings. The summed E-state index contributed by atoms with van der Waals surface area (Å²) < 4.78 is 14.1. The molecule has 2 aromatic heterocycles. The Bertz CT molecular complexity index is 1230. The van der Waals surface area contributed by atoms with Crippen molar-refractivity contribution in [1.82, 2.24) is 15.1 Å². The second kappa shape index (κ2) is 12.0. The molecule has 0 saturated heterocycles. The minimum absolute atomic E-state index is 0. The van der Waals surface area contributed by atoms with Gasteiger partial charge in [-0.15, -0.1) is 21.5 Å². The van der Waals surface area contributed by atoms with Gasteiger partial charge in [0.1, 0.15) is 11.3 Å². The minimum Gasteiger partial charge on any atom is -0.412 e. The lowest BCUT2D eigenvalue weighted by Crippen LogP contribution is -2.26. The monoisotopic (exact) mass is 514 g/mol. The first-order valence-corrected chi connectivity index (χ1v) is 12.9. The Morgan fingerprint density at radius 2 is 1.94 bits per heavy atom. The molecule has 4 rings (SSSR count). The summed E-state index contributed by atoms with van der Waals surface area (Å²) in [6.45, 7) is 5.47. The van der Waals surface area contributed by atoms with E-state index in [0.717, 1.165) is 26.0 Å². The SMILES string of the molecule is CCN(C)C(=O)c1ccc(-c2ccc([C@H](c3cccc(F)c3)[C@H](C)CNc3nncs3)s2)cc1.O.[HH]. The van der Waals surface area contributed by atoms with Crippen LogP contribution in [0.4, 0.5) is 9.52 Å². The van der Waals surface area contributed by atoms with E-state index in [1.54, 1.807) is 40.9 Å².